The average molecular weight is 364 g/mol. The van der Waals surface area contributed by atoms with Crippen molar-refractivity contribution < 1.29 is 39.5 Å². The molecular formula is C22H44NaO2+. The molecule has 0 aliphatic carbocycles. The Morgan fingerprint density at radius 2 is 0.760 bits per heavy atom. The van der Waals surface area contributed by atoms with Crippen molar-refractivity contribution in [1.82, 2.24) is 0 Å². The van der Waals surface area contributed by atoms with Gasteiger partial charge in [0.05, 0.1) is 0 Å². The third-order valence-electron chi connectivity index (χ3n) is 4.99. The molecule has 25 heavy (non-hydrogen) atoms. The smallest absolute Gasteiger partial charge is 0.481 e. The number of aliphatic carboxylic acids is 1. The first-order chi connectivity index (χ1) is 11.8. The van der Waals surface area contributed by atoms with E-state index in [1.54, 1.807) is 0 Å². The molecule has 0 saturated heterocycles. The second kappa shape index (κ2) is 24.5. The molecule has 0 spiro atoms. The van der Waals surface area contributed by atoms with Gasteiger partial charge in [0.2, 0.25) is 0 Å². The molecule has 0 aliphatic rings. The Hall–Kier alpha value is 0.470. The molecule has 0 fully saturated rings. The van der Waals surface area contributed by atoms with Crippen LogP contribution in [0.25, 0.3) is 0 Å². The Bertz CT molecular complexity index is 256. The first kappa shape index (κ1) is 27.7. The minimum Gasteiger partial charge on any atom is -0.481 e. The standard InChI is InChI=1S/C22H44O2.Na/c1-2-3-4-5-6-7-8-9-10-11-12-13-14-15-16-17-18-19-20-21-22(23)24;/h2-21H2,1H3,(H,23,24);/q;+1. The predicted octanol–water partition coefficient (Wildman–Crippen LogP) is 4.90. The second-order valence-electron chi connectivity index (χ2n) is 7.51. The average Bonchev–Trinajstić information content (AvgIpc) is 2.56. The topological polar surface area (TPSA) is 37.3 Å². The number of hydrogen-bond donors (Lipinski definition) is 1. The minimum atomic E-state index is -0.651. The number of rotatable bonds is 20. The van der Waals surface area contributed by atoms with E-state index in [1.165, 1.54) is 109 Å². The maximum Gasteiger partial charge on any atom is 1.00 e. The molecule has 0 amide bonds. The minimum absolute atomic E-state index is 0. The molecule has 1 N–H and O–H groups in total. The summed E-state index contributed by atoms with van der Waals surface area (Å²) in [6.07, 6.45) is 26.1. The molecule has 0 atom stereocenters. The van der Waals surface area contributed by atoms with Crippen molar-refractivity contribution in [3.8, 4) is 0 Å². The van der Waals surface area contributed by atoms with E-state index in [1.807, 2.05) is 0 Å². The van der Waals surface area contributed by atoms with Crippen LogP contribution in [0, 0.1) is 0 Å². The molecule has 0 bridgehead atoms. The maximum absolute atomic E-state index is 10.4. The van der Waals surface area contributed by atoms with Crippen molar-refractivity contribution in [2.45, 2.75) is 135 Å². The Kier molecular flexibility index (Phi) is 27.1. The third-order valence-corrected chi connectivity index (χ3v) is 4.99. The van der Waals surface area contributed by atoms with Gasteiger partial charge in [-0.1, -0.05) is 122 Å². The molecule has 0 rings (SSSR count). The Labute approximate surface area is 180 Å². The summed E-state index contributed by atoms with van der Waals surface area (Å²) < 4.78 is 0. The van der Waals surface area contributed by atoms with E-state index >= 15 is 0 Å². The van der Waals surface area contributed by atoms with Crippen LogP contribution in [0.4, 0.5) is 0 Å². The monoisotopic (exact) mass is 363 g/mol. The van der Waals surface area contributed by atoms with Gasteiger partial charge in [0, 0.05) is 6.42 Å². The van der Waals surface area contributed by atoms with Gasteiger partial charge in [-0.05, 0) is 6.42 Å². The largest absolute Gasteiger partial charge is 1.00 e. The molecule has 144 valence electrons. The van der Waals surface area contributed by atoms with Crippen LogP contribution in [-0.4, -0.2) is 11.1 Å². The van der Waals surface area contributed by atoms with E-state index in [0.717, 1.165) is 12.8 Å². The van der Waals surface area contributed by atoms with Crippen LogP contribution in [0.5, 0.6) is 0 Å². The Morgan fingerprint density at radius 1 is 0.520 bits per heavy atom. The van der Waals surface area contributed by atoms with Crippen molar-refractivity contribution >= 4 is 5.97 Å². The summed E-state index contributed by atoms with van der Waals surface area (Å²) in [4.78, 5) is 10.4. The summed E-state index contributed by atoms with van der Waals surface area (Å²) in [5.74, 6) is -0.651. The summed E-state index contributed by atoms with van der Waals surface area (Å²) in [6, 6.07) is 0. The molecule has 3 heteroatoms. The summed E-state index contributed by atoms with van der Waals surface area (Å²) in [7, 11) is 0. The quantitative estimate of drug-likeness (QED) is 0.247. The van der Waals surface area contributed by atoms with Crippen LogP contribution in [0.3, 0.4) is 0 Å². The van der Waals surface area contributed by atoms with E-state index in [2.05, 4.69) is 6.92 Å². The number of carboxylic acids is 1. The van der Waals surface area contributed by atoms with E-state index in [4.69, 9.17) is 5.11 Å². The fourth-order valence-electron chi connectivity index (χ4n) is 3.35. The first-order valence-corrected chi connectivity index (χ1v) is 11.0. The van der Waals surface area contributed by atoms with Crippen molar-refractivity contribution in [2.75, 3.05) is 0 Å². The zero-order chi connectivity index (χ0) is 17.7. The van der Waals surface area contributed by atoms with Gasteiger partial charge >= 0.3 is 35.5 Å². The zero-order valence-corrected chi connectivity index (χ0v) is 19.5. The van der Waals surface area contributed by atoms with Crippen LogP contribution < -0.4 is 29.6 Å². The van der Waals surface area contributed by atoms with E-state index in [0.29, 0.717) is 6.42 Å². The van der Waals surface area contributed by atoms with Gasteiger partial charge in [0.1, 0.15) is 0 Å². The fourth-order valence-corrected chi connectivity index (χ4v) is 3.35. The molecule has 2 nitrogen and oxygen atoms in total. The van der Waals surface area contributed by atoms with E-state index < -0.39 is 5.97 Å². The molecule has 0 heterocycles. The molecule has 0 aromatic rings. The van der Waals surface area contributed by atoms with Gasteiger partial charge in [-0.3, -0.25) is 4.79 Å². The van der Waals surface area contributed by atoms with Crippen LogP contribution >= 0.6 is 0 Å². The number of unbranched alkanes of at least 4 members (excludes halogenated alkanes) is 18. The van der Waals surface area contributed by atoms with Crippen molar-refractivity contribution in [3.05, 3.63) is 0 Å². The molecule has 0 radical (unpaired) electrons. The van der Waals surface area contributed by atoms with Gasteiger partial charge in [-0.25, -0.2) is 0 Å². The summed E-state index contributed by atoms with van der Waals surface area (Å²) in [5, 5.41) is 8.56. The Morgan fingerprint density at radius 3 is 1.00 bits per heavy atom. The SMILES string of the molecule is CCCCCCCCCCCCCCCCCCCCCC(=O)O.[Na+]. The molecule has 0 aromatic heterocycles. The molecule has 0 aliphatic heterocycles. The van der Waals surface area contributed by atoms with Gasteiger partial charge in [0.25, 0.3) is 0 Å². The number of hydrogen-bond acceptors (Lipinski definition) is 1. The molecule has 0 saturated carbocycles. The summed E-state index contributed by atoms with van der Waals surface area (Å²) in [5.41, 5.74) is 0. The summed E-state index contributed by atoms with van der Waals surface area (Å²) in [6.45, 7) is 2.28. The van der Waals surface area contributed by atoms with Crippen LogP contribution in [0.1, 0.15) is 135 Å². The predicted molar refractivity (Wildman–Crippen MR) is 106 cm³/mol. The van der Waals surface area contributed by atoms with E-state index in [9.17, 15) is 4.79 Å². The number of carboxylic acid groups (broad SMARTS) is 1. The van der Waals surface area contributed by atoms with Gasteiger partial charge in [-0.2, -0.15) is 0 Å². The Balaban J connectivity index is 0. The zero-order valence-electron chi connectivity index (χ0n) is 17.5. The first-order valence-electron chi connectivity index (χ1n) is 11.0. The van der Waals surface area contributed by atoms with Crippen LogP contribution in [0.15, 0.2) is 0 Å². The van der Waals surface area contributed by atoms with Gasteiger partial charge in [-0.15, -0.1) is 0 Å². The third kappa shape index (κ3) is 26.8. The normalized spacial score (nSPS) is 10.6. The summed E-state index contributed by atoms with van der Waals surface area (Å²) >= 11 is 0. The molecular weight excluding hydrogens is 319 g/mol. The van der Waals surface area contributed by atoms with Gasteiger partial charge in [0.15, 0.2) is 0 Å². The van der Waals surface area contributed by atoms with E-state index in [-0.39, 0.29) is 29.6 Å². The molecule has 0 unspecified atom stereocenters. The number of carbonyl (C=O) groups is 1. The van der Waals surface area contributed by atoms with Gasteiger partial charge < -0.3 is 5.11 Å². The van der Waals surface area contributed by atoms with Crippen molar-refractivity contribution in [1.29, 1.82) is 0 Å². The van der Waals surface area contributed by atoms with Crippen LogP contribution in [-0.2, 0) is 4.79 Å². The van der Waals surface area contributed by atoms with Crippen molar-refractivity contribution in [3.63, 3.8) is 0 Å². The fraction of sp³-hybridized carbons (Fsp3) is 0.955. The second-order valence-corrected chi connectivity index (χ2v) is 7.51. The maximum atomic E-state index is 10.4. The van der Waals surface area contributed by atoms with Crippen LogP contribution in [0.2, 0.25) is 0 Å². The molecule has 0 aromatic carbocycles. The van der Waals surface area contributed by atoms with Crippen molar-refractivity contribution in [2.24, 2.45) is 0 Å².